The maximum atomic E-state index is 13.4. The molecule has 0 bridgehead atoms. The van der Waals surface area contributed by atoms with Gasteiger partial charge in [0.05, 0.1) is 19.8 Å². The third-order valence-electron chi connectivity index (χ3n) is 2.76. The Morgan fingerprint density at radius 1 is 1.05 bits per heavy atom. The Morgan fingerprint density at radius 2 is 1.75 bits per heavy atom. The molecule has 0 aromatic heterocycles. The number of benzene rings is 2. The SMILES string of the molecule is COC(=O)c1cc(OC)cc(-c2cc(F)cc(Cl)c2)c1. The predicted molar refractivity (Wildman–Crippen MR) is 74.7 cm³/mol. The molecule has 104 valence electrons. The fraction of sp³-hybridized carbons (Fsp3) is 0.133. The smallest absolute Gasteiger partial charge is 0.338 e. The van der Waals surface area contributed by atoms with E-state index in [0.717, 1.165) is 0 Å². The first-order valence-electron chi connectivity index (χ1n) is 5.77. The summed E-state index contributed by atoms with van der Waals surface area (Å²) in [6.45, 7) is 0. The third-order valence-corrected chi connectivity index (χ3v) is 2.98. The van der Waals surface area contributed by atoms with Gasteiger partial charge in [0.1, 0.15) is 11.6 Å². The van der Waals surface area contributed by atoms with E-state index in [1.165, 1.54) is 26.4 Å². The summed E-state index contributed by atoms with van der Waals surface area (Å²) >= 11 is 5.84. The summed E-state index contributed by atoms with van der Waals surface area (Å²) in [5.41, 5.74) is 1.49. The van der Waals surface area contributed by atoms with Gasteiger partial charge >= 0.3 is 5.97 Å². The molecular formula is C15H12ClFO3. The van der Waals surface area contributed by atoms with Gasteiger partial charge in [-0.05, 0) is 47.5 Å². The van der Waals surface area contributed by atoms with E-state index >= 15 is 0 Å². The van der Waals surface area contributed by atoms with E-state index < -0.39 is 11.8 Å². The maximum Gasteiger partial charge on any atom is 0.338 e. The van der Waals surface area contributed by atoms with Crippen LogP contribution >= 0.6 is 11.6 Å². The van der Waals surface area contributed by atoms with Gasteiger partial charge in [0.15, 0.2) is 0 Å². The van der Waals surface area contributed by atoms with E-state index in [1.54, 1.807) is 24.3 Å². The second-order valence-corrected chi connectivity index (χ2v) is 4.54. The molecule has 0 amide bonds. The van der Waals surface area contributed by atoms with Crippen molar-refractivity contribution in [2.75, 3.05) is 14.2 Å². The van der Waals surface area contributed by atoms with E-state index in [2.05, 4.69) is 4.74 Å². The number of esters is 1. The van der Waals surface area contributed by atoms with Crippen LogP contribution < -0.4 is 4.74 Å². The van der Waals surface area contributed by atoms with Crippen LogP contribution in [-0.2, 0) is 4.74 Å². The Kier molecular flexibility index (Phi) is 4.25. The summed E-state index contributed by atoms with van der Waals surface area (Å²) < 4.78 is 23.2. The molecule has 0 aliphatic carbocycles. The molecule has 5 heteroatoms. The van der Waals surface area contributed by atoms with Gasteiger partial charge in [-0.15, -0.1) is 0 Å². The second kappa shape index (κ2) is 5.92. The Labute approximate surface area is 120 Å². The van der Waals surface area contributed by atoms with E-state index in [-0.39, 0.29) is 5.02 Å². The number of halogens is 2. The lowest BCUT2D eigenvalue weighted by Crippen LogP contribution is -2.02. The van der Waals surface area contributed by atoms with Crippen LogP contribution in [0.3, 0.4) is 0 Å². The number of methoxy groups -OCH3 is 2. The molecule has 0 N–H and O–H groups in total. The molecule has 0 unspecified atom stereocenters. The highest BCUT2D eigenvalue weighted by molar-refractivity contribution is 6.30. The summed E-state index contributed by atoms with van der Waals surface area (Å²) in [6, 6.07) is 9.00. The lowest BCUT2D eigenvalue weighted by atomic mass is 10.0. The van der Waals surface area contributed by atoms with Crippen LogP contribution in [0.25, 0.3) is 11.1 Å². The normalized spacial score (nSPS) is 10.2. The first kappa shape index (κ1) is 14.3. The average Bonchev–Trinajstić information content (AvgIpc) is 2.44. The molecule has 0 saturated carbocycles. The summed E-state index contributed by atoms with van der Waals surface area (Å²) in [7, 11) is 2.78. The molecule has 0 spiro atoms. The lowest BCUT2D eigenvalue weighted by molar-refractivity contribution is 0.0600. The van der Waals surface area contributed by atoms with Crippen LogP contribution in [0.15, 0.2) is 36.4 Å². The number of hydrogen-bond donors (Lipinski definition) is 0. The van der Waals surface area contributed by atoms with Crippen molar-refractivity contribution in [3.05, 3.63) is 52.8 Å². The molecule has 0 heterocycles. The summed E-state index contributed by atoms with van der Waals surface area (Å²) in [4.78, 5) is 11.6. The van der Waals surface area contributed by atoms with Gasteiger partial charge in [-0.25, -0.2) is 9.18 Å². The molecule has 0 aliphatic heterocycles. The number of carbonyl (C=O) groups excluding carboxylic acids is 1. The average molecular weight is 295 g/mol. The van der Waals surface area contributed by atoms with Crippen molar-refractivity contribution in [2.24, 2.45) is 0 Å². The van der Waals surface area contributed by atoms with Crippen molar-refractivity contribution < 1.29 is 18.7 Å². The highest BCUT2D eigenvalue weighted by Gasteiger charge is 2.11. The van der Waals surface area contributed by atoms with Crippen LogP contribution in [0.2, 0.25) is 5.02 Å². The predicted octanol–water partition coefficient (Wildman–Crippen LogP) is 3.94. The zero-order chi connectivity index (χ0) is 14.7. The van der Waals surface area contributed by atoms with Crippen molar-refractivity contribution >= 4 is 17.6 Å². The molecule has 0 aliphatic rings. The zero-order valence-corrected chi connectivity index (χ0v) is 11.7. The fourth-order valence-corrected chi connectivity index (χ4v) is 2.06. The Balaban J connectivity index is 2.57. The van der Waals surface area contributed by atoms with Crippen molar-refractivity contribution in [3.8, 4) is 16.9 Å². The highest BCUT2D eigenvalue weighted by Crippen LogP contribution is 2.29. The van der Waals surface area contributed by atoms with Crippen molar-refractivity contribution in [3.63, 3.8) is 0 Å². The third kappa shape index (κ3) is 3.08. The van der Waals surface area contributed by atoms with Gasteiger partial charge in [-0.1, -0.05) is 11.6 Å². The largest absolute Gasteiger partial charge is 0.497 e. The minimum atomic E-state index is -0.493. The van der Waals surface area contributed by atoms with E-state index in [0.29, 0.717) is 22.4 Å². The van der Waals surface area contributed by atoms with Crippen LogP contribution in [0.4, 0.5) is 4.39 Å². The minimum Gasteiger partial charge on any atom is -0.497 e. The van der Waals surface area contributed by atoms with E-state index in [1.807, 2.05) is 0 Å². The standard InChI is InChI=1S/C15H12ClFO3/c1-19-14-6-9(3-11(7-14)15(18)20-2)10-4-12(16)8-13(17)5-10/h3-8H,1-2H3. The Morgan fingerprint density at radius 3 is 2.35 bits per heavy atom. The molecule has 0 atom stereocenters. The van der Waals surface area contributed by atoms with Gasteiger partial charge in [0, 0.05) is 5.02 Å². The number of carbonyl (C=O) groups is 1. The topological polar surface area (TPSA) is 35.5 Å². The zero-order valence-electron chi connectivity index (χ0n) is 10.9. The van der Waals surface area contributed by atoms with Crippen LogP contribution in [0.5, 0.6) is 5.75 Å². The molecule has 3 nitrogen and oxygen atoms in total. The minimum absolute atomic E-state index is 0.280. The first-order chi connectivity index (χ1) is 9.53. The second-order valence-electron chi connectivity index (χ2n) is 4.10. The van der Waals surface area contributed by atoms with Crippen molar-refractivity contribution in [1.82, 2.24) is 0 Å². The van der Waals surface area contributed by atoms with Crippen LogP contribution in [0.1, 0.15) is 10.4 Å². The van der Waals surface area contributed by atoms with Crippen LogP contribution in [0, 0.1) is 5.82 Å². The molecule has 0 saturated heterocycles. The fourth-order valence-electron chi connectivity index (χ4n) is 1.84. The van der Waals surface area contributed by atoms with Crippen molar-refractivity contribution in [1.29, 1.82) is 0 Å². The van der Waals surface area contributed by atoms with Gasteiger partial charge in [0.2, 0.25) is 0 Å². The molecule has 20 heavy (non-hydrogen) atoms. The summed E-state index contributed by atoms with van der Waals surface area (Å²) in [5, 5.41) is 0.280. The van der Waals surface area contributed by atoms with Gasteiger partial charge in [-0.2, -0.15) is 0 Å². The molecule has 2 aromatic carbocycles. The first-order valence-corrected chi connectivity index (χ1v) is 6.15. The van der Waals surface area contributed by atoms with E-state index in [9.17, 15) is 9.18 Å². The molecule has 2 rings (SSSR count). The molecular weight excluding hydrogens is 283 g/mol. The molecule has 0 fully saturated rings. The highest BCUT2D eigenvalue weighted by atomic mass is 35.5. The van der Waals surface area contributed by atoms with Gasteiger partial charge in [0.25, 0.3) is 0 Å². The molecule has 0 radical (unpaired) electrons. The van der Waals surface area contributed by atoms with Gasteiger partial charge in [-0.3, -0.25) is 0 Å². The lowest BCUT2D eigenvalue weighted by Gasteiger charge is -2.09. The van der Waals surface area contributed by atoms with Gasteiger partial charge < -0.3 is 9.47 Å². The monoisotopic (exact) mass is 294 g/mol. The number of ether oxygens (including phenoxy) is 2. The maximum absolute atomic E-state index is 13.4. The Bertz CT molecular complexity index is 635. The van der Waals surface area contributed by atoms with E-state index in [4.69, 9.17) is 16.3 Å². The molecule has 2 aromatic rings. The van der Waals surface area contributed by atoms with Crippen molar-refractivity contribution in [2.45, 2.75) is 0 Å². The summed E-state index contributed by atoms with van der Waals surface area (Å²) in [5.74, 6) is -0.467. The summed E-state index contributed by atoms with van der Waals surface area (Å²) in [6.07, 6.45) is 0. The number of rotatable bonds is 3. The Hall–Kier alpha value is -2.07. The number of hydrogen-bond acceptors (Lipinski definition) is 3. The van der Waals surface area contributed by atoms with Crippen LogP contribution in [-0.4, -0.2) is 20.2 Å². The quantitative estimate of drug-likeness (QED) is 0.804.